The van der Waals surface area contributed by atoms with Gasteiger partial charge in [-0.2, -0.15) is 0 Å². The van der Waals surface area contributed by atoms with Gasteiger partial charge in [0.1, 0.15) is 5.69 Å². The summed E-state index contributed by atoms with van der Waals surface area (Å²) in [5, 5.41) is 21.9. The van der Waals surface area contributed by atoms with Crippen molar-refractivity contribution in [3.8, 4) is 0 Å². The first kappa shape index (κ1) is 21.9. The van der Waals surface area contributed by atoms with Crippen LogP contribution in [0.25, 0.3) is 0 Å². The summed E-state index contributed by atoms with van der Waals surface area (Å²) >= 11 is 0. The van der Waals surface area contributed by atoms with Crippen molar-refractivity contribution in [1.82, 2.24) is 15.8 Å². The Kier molecular flexibility index (Phi) is 7.88. The fraction of sp³-hybridized carbons (Fsp3) is 0.105. The first-order chi connectivity index (χ1) is 14.4. The van der Waals surface area contributed by atoms with Crippen molar-refractivity contribution in [1.29, 1.82) is 0 Å². The predicted octanol–water partition coefficient (Wildman–Crippen LogP) is 3.39. The van der Waals surface area contributed by atoms with Gasteiger partial charge >= 0.3 is 5.69 Å². The molecule has 2 N–H and O–H groups in total. The number of rotatable bonds is 9. The van der Waals surface area contributed by atoms with Gasteiger partial charge in [-0.1, -0.05) is 13.0 Å². The number of carbonyl (C=O) groups excluding carboxylic acids is 1. The molecule has 0 spiro atoms. The highest BCUT2D eigenvalue weighted by Crippen LogP contribution is 2.30. The summed E-state index contributed by atoms with van der Waals surface area (Å²) in [5.41, 5.74) is 5.66. The van der Waals surface area contributed by atoms with Crippen LogP contribution in [0.2, 0.25) is 0 Å². The van der Waals surface area contributed by atoms with E-state index < -0.39 is 15.5 Å². The van der Waals surface area contributed by atoms with Crippen LogP contribution in [0.4, 0.5) is 17.1 Å². The lowest BCUT2D eigenvalue weighted by atomic mass is 10.2. The Balaban J connectivity index is 2.01. The second-order valence-corrected chi connectivity index (χ2v) is 5.73. The van der Waals surface area contributed by atoms with Crippen LogP contribution in [0.3, 0.4) is 0 Å². The van der Waals surface area contributed by atoms with E-state index in [2.05, 4.69) is 20.8 Å². The second kappa shape index (κ2) is 10.8. The minimum absolute atomic E-state index is 0.0000160. The van der Waals surface area contributed by atoms with Crippen LogP contribution in [-0.4, -0.2) is 27.0 Å². The molecule has 2 aromatic rings. The van der Waals surface area contributed by atoms with Gasteiger partial charge in [-0.05, 0) is 36.3 Å². The number of benzene rings is 1. The van der Waals surface area contributed by atoms with Gasteiger partial charge in [0.2, 0.25) is 0 Å². The molecule has 1 amide bonds. The molecule has 1 heterocycles. The van der Waals surface area contributed by atoms with E-state index in [1.807, 2.05) is 6.92 Å². The maximum atomic E-state index is 11.9. The number of nitro benzene ring substituents is 2. The highest BCUT2D eigenvalue weighted by molar-refractivity contribution is 5.93. The van der Waals surface area contributed by atoms with Crippen LogP contribution in [0, 0.1) is 20.2 Å². The number of hydrazine groups is 1. The summed E-state index contributed by atoms with van der Waals surface area (Å²) in [6.45, 7) is 1.90. The topological polar surface area (TPSA) is 153 Å². The predicted molar refractivity (Wildman–Crippen MR) is 110 cm³/mol. The highest BCUT2D eigenvalue weighted by Gasteiger charge is 2.18. The van der Waals surface area contributed by atoms with Crippen LogP contribution in [0.5, 0.6) is 0 Å². The van der Waals surface area contributed by atoms with Gasteiger partial charge in [-0.25, -0.2) is 4.99 Å². The summed E-state index contributed by atoms with van der Waals surface area (Å²) < 4.78 is 0. The van der Waals surface area contributed by atoms with Crippen LogP contribution < -0.4 is 10.9 Å². The van der Waals surface area contributed by atoms with Crippen molar-refractivity contribution in [2.24, 2.45) is 4.99 Å². The summed E-state index contributed by atoms with van der Waals surface area (Å²) in [6, 6.07) is 6.39. The van der Waals surface area contributed by atoms with Crippen LogP contribution in [0.1, 0.15) is 23.7 Å². The zero-order valence-corrected chi connectivity index (χ0v) is 15.9. The normalized spacial score (nSPS) is 11.6. The van der Waals surface area contributed by atoms with Crippen LogP contribution >= 0.6 is 0 Å². The summed E-state index contributed by atoms with van der Waals surface area (Å²) in [4.78, 5) is 40.2. The average molecular weight is 410 g/mol. The number of hydrogen-bond acceptors (Lipinski definition) is 8. The van der Waals surface area contributed by atoms with Gasteiger partial charge in [-0.15, -0.1) is 0 Å². The number of nitro groups is 2. The Bertz CT molecular complexity index is 1020. The zero-order valence-electron chi connectivity index (χ0n) is 15.9. The second-order valence-electron chi connectivity index (χ2n) is 5.73. The van der Waals surface area contributed by atoms with Crippen molar-refractivity contribution in [3.05, 3.63) is 92.4 Å². The van der Waals surface area contributed by atoms with Crippen molar-refractivity contribution in [2.45, 2.75) is 13.3 Å². The Morgan fingerprint density at radius 2 is 1.90 bits per heavy atom. The third-order valence-corrected chi connectivity index (χ3v) is 3.77. The highest BCUT2D eigenvalue weighted by atomic mass is 16.6. The number of aromatic nitrogens is 1. The fourth-order valence-electron chi connectivity index (χ4n) is 2.21. The Hall–Kier alpha value is -4.41. The number of hydrogen-bond donors (Lipinski definition) is 2. The van der Waals surface area contributed by atoms with E-state index in [-0.39, 0.29) is 17.3 Å². The van der Waals surface area contributed by atoms with Crippen LogP contribution in [0.15, 0.2) is 71.6 Å². The van der Waals surface area contributed by atoms with Crippen molar-refractivity contribution < 1.29 is 14.6 Å². The number of pyridine rings is 1. The van der Waals surface area contributed by atoms with E-state index in [9.17, 15) is 25.0 Å². The molecule has 0 atom stereocenters. The summed E-state index contributed by atoms with van der Waals surface area (Å²) in [7, 11) is 0. The Labute approximate surface area is 171 Å². The minimum Gasteiger partial charge on any atom is -0.305 e. The molecule has 11 nitrogen and oxygen atoms in total. The molecule has 154 valence electrons. The van der Waals surface area contributed by atoms with Gasteiger partial charge in [0.05, 0.1) is 15.9 Å². The smallest absolute Gasteiger partial charge is 0.301 e. The number of carbonyl (C=O) groups is 1. The number of nitrogens with one attached hydrogen (secondary N) is 2. The number of allylic oxidation sites excluding steroid dienone is 3. The molecule has 1 aromatic heterocycles. The molecule has 0 saturated carbocycles. The molecule has 30 heavy (non-hydrogen) atoms. The first-order valence-corrected chi connectivity index (χ1v) is 8.71. The quantitative estimate of drug-likeness (QED) is 0.278. The Morgan fingerprint density at radius 3 is 2.53 bits per heavy atom. The largest absolute Gasteiger partial charge is 0.305 e. The number of aliphatic imine (C=N–C) groups is 1. The minimum atomic E-state index is -0.726. The van der Waals surface area contributed by atoms with Gasteiger partial charge in [0, 0.05) is 36.4 Å². The molecule has 0 aliphatic heterocycles. The van der Waals surface area contributed by atoms with E-state index in [0.717, 1.165) is 17.7 Å². The maximum Gasteiger partial charge on any atom is 0.301 e. The lowest BCUT2D eigenvalue weighted by Crippen LogP contribution is -2.33. The molecule has 0 fully saturated rings. The SMILES string of the molecule is CCC(/C=C\C=Nc1ccc([N+](=O)[O-])cc1[N+](=O)[O-])=C\NNC(=O)c1ccncc1. The molecule has 0 unspecified atom stereocenters. The standard InChI is InChI=1S/C19H18N6O5/c1-2-14(13-22-23-19(26)15-7-10-20-11-8-15)4-3-9-21-17-6-5-16(24(27)28)12-18(17)25(29)30/h3-13,22H,2H2,1H3,(H,23,26)/b4-3-,14-13+,21-9?. The van der Waals surface area contributed by atoms with E-state index >= 15 is 0 Å². The summed E-state index contributed by atoms with van der Waals surface area (Å²) in [6.07, 6.45) is 9.86. The molecular formula is C19H18N6O5. The first-order valence-electron chi connectivity index (χ1n) is 8.71. The Morgan fingerprint density at radius 1 is 1.17 bits per heavy atom. The van der Waals surface area contributed by atoms with Crippen molar-refractivity contribution in [2.75, 3.05) is 0 Å². The van der Waals surface area contributed by atoms with E-state index in [0.29, 0.717) is 12.0 Å². The van der Waals surface area contributed by atoms with Gasteiger partial charge in [0.15, 0.2) is 0 Å². The lowest BCUT2D eigenvalue weighted by molar-refractivity contribution is -0.393. The third-order valence-electron chi connectivity index (χ3n) is 3.77. The van der Waals surface area contributed by atoms with Gasteiger partial charge in [-0.3, -0.25) is 35.4 Å². The third kappa shape index (κ3) is 6.34. The number of non-ortho nitro benzene ring substituents is 1. The van der Waals surface area contributed by atoms with Crippen LogP contribution in [-0.2, 0) is 0 Å². The lowest BCUT2D eigenvalue weighted by Gasteiger charge is -2.05. The van der Waals surface area contributed by atoms with E-state index in [1.54, 1.807) is 30.5 Å². The van der Waals surface area contributed by atoms with Crippen molar-refractivity contribution >= 4 is 29.2 Å². The molecule has 11 heteroatoms. The molecule has 0 saturated heterocycles. The molecule has 0 aliphatic rings. The molecule has 0 radical (unpaired) electrons. The average Bonchev–Trinajstić information content (AvgIpc) is 2.75. The molecule has 0 bridgehead atoms. The molecule has 1 aromatic carbocycles. The van der Waals surface area contributed by atoms with E-state index in [1.165, 1.54) is 24.7 Å². The molecule has 2 rings (SSSR count). The van der Waals surface area contributed by atoms with Gasteiger partial charge in [0.25, 0.3) is 11.6 Å². The number of nitrogens with zero attached hydrogens (tertiary/aromatic N) is 4. The molecule has 0 aliphatic carbocycles. The van der Waals surface area contributed by atoms with Crippen molar-refractivity contribution in [3.63, 3.8) is 0 Å². The molecular weight excluding hydrogens is 392 g/mol. The maximum absolute atomic E-state index is 11.9. The van der Waals surface area contributed by atoms with E-state index in [4.69, 9.17) is 0 Å². The fourth-order valence-corrected chi connectivity index (χ4v) is 2.21. The summed E-state index contributed by atoms with van der Waals surface area (Å²) in [5.74, 6) is -0.319. The number of amides is 1. The monoisotopic (exact) mass is 410 g/mol. The van der Waals surface area contributed by atoms with Gasteiger partial charge < -0.3 is 5.43 Å². The zero-order chi connectivity index (χ0) is 21.9.